The second kappa shape index (κ2) is 5.88. The summed E-state index contributed by atoms with van der Waals surface area (Å²) in [6.45, 7) is 1.81. The van der Waals surface area contributed by atoms with Crippen LogP contribution in [0.3, 0.4) is 0 Å². The highest BCUT2D eigenvalue weighted by Crippen LogP contribution is 2.20. The van der Waals surface area contributed by atoms with Crippen LogP contribution in [0.1, 0.15) is 10.4 Å². The monoisotopic (exact) mass is 345 g/mol. The van der Waals surface area contributed by atoms with Gasteiger partial charge in [-0.15, -0.1) is 11.3 Å². The van der Waals surface area contributed by atoms with Crippen LogP contribution in [0.4, 0.5) is 0 Å². The molecule has 0 unspecified atom stereocenters. The molecule has 114 valence electrons. The van der Waals surface area contributed by atoms with Gasteiger partial charge < -0.3 is 0 Å². The molecule has 1 heterocycles. The van der Waals surface area contributed by atoms with E-state index >= 15 is 0 Å². The maximum Gasteiger partial charge on any atom is 0.241 e. The fourth-order valence-electron chi connectivity index (χ4n) is 1.76. The molecule has 0 amide bonds. The van der Waals surface area contributed by atoms with Crippen molar-refractivity contribution in [3.8, 4) is 0 Å². The molecule has 2 aromatic rings. The van der Waals surface area contributed by atoms with E-state index in [0.29, 0.717) is 5.56 Å². The maximum absolute atomic E-state index is 12.3. The molecule has 0 saturated carbocycles. The van der Waals surface area contributed by atoms with Crippen molar-refractivity contribution in [1.82, 2.24) is 4.72 Å². The topological polar surface area (TPSA) is 80.3 Å². The van der Waals surface area contributed by atoms with Gasteiger partial charge in [-0.2, -0.15) is 0 Å². The lowest BCUT2D eigenvalue weighted by atomic mass is 10.2. The summed E-state index contributed by atoms with van der Waals surface area (Å²) >= 11 is 1.45. The normalized spacial score (nSPS) is 12.5. The number of sulfonamides is 1. The van der Waals surface area contributed by atoms with Gasteiger partial charge in [0.1, 0.15) is 0 Å². The number of nitrogens with one attached hydrogen (secondary N) is 1. The van der Waals surface area contributed by atoms with Crippen LogP contribution < -0.4 is 4.72 Å². The molecule has 0 spiro atoms. The first kappa shape index (κ1) is 16.2. The minimum atomic E-state index is -3.76. The molecular weight excluding hydrogens is 330 g/mol. The van der Waals surface area contributed by atoms with Crippen molar-refractivity contribution >= 4 is 31.2 Å². The predicted molar refractivity (Wildman–Crippen MR) is 82.6 cm³/mol. The van der Waals surface area contributed by atoms with E-state index in [9.17, 15) is 16.8 Å². The average Bonchev–Trinajstić information content (AvgIpc) is 2.88. The number of hydrogen-bond acceptors (Lipinski definition) is 5. The lowest BCUT2D eigenvalue weighted by Crippen LogP contribution is -2.23. The Kier molecular flexibility index (Phi) is 4.52. The summed E-state index contributed by atoms with van der Waals surface area (Å²) in [6.07, 6.45) is 1.05. The van der Waals surface area contributed by atoms with E-state index in [1.165, 1.54) is 29.5 Å². The van der Waals surface area contributed by atoms with Gasteiger partial charge in [0.15, 0.2) is 9.84 Å². The zero-order chi connectivity index (χ0) is 15.7. The SMILES string of the molecule is Cc1ccc(S(C)(=O)=O)cc1S(=O)(=O)NCc1cccs1. The molecule has 0 atom stereocenters. The minimum Gasteiger partial charge on any atom is -0.224 e. The van der Waals surface area contributed by atoms with E-state index in [0.717, 1.165) is 11.1 Å². The molecule has 1 aromatic heterocycles. The second-order valence-corrected chi connectivity index (χ2v) is 9.39. The number of thiophene rings is 1. The zero-order valence-electron chi connectivity index (χ0n) is 11.5. The molecule has 0 aliphatic heterocycles. The Morgan fingerprint density at radius 2 is 1.86 bits per heavy atom. The third kappa shape index (κ3) is 3.91. The molecule has 0 radical (unpaired) electrons. The van der Waals surface area contributed by atoms with Gasteiger partial charge in [0.25, 0.3) is 0 Å². The summed E-state index contributed by atoms with van der Waals surface area (Å²) in [5.74, 6) is 0. The highest BCUT2D eigenvalue weighted by atomic mass is 32.2. The molecule has 0 bridgehead atoms. The molecule has 2 rings (SSSR count). The van der Waals surface area contributed by atoms with Crippen LogP contribution in [0.2, 0.25) is 0 Å². The van der Waals surface area contributed by atoms with Crippen LogP contribution in [0.5, 0.6) is 0 Å². The molecule has 0 aliphatic rings. The van der Waals surface area contributed by atoms with Crippen molar-refractivity contribution in [3.05, 3.63) is 46.2 Å². The number of sulfone groups is 1. The first-order valence-corrected chi connectivity index (χ1v) is 10.3. The van der Waals surface area contributed by atoms with Crippen LogP contribution >= 0.6 is 11.3 Å². The largest absolute Gasteiger partial charge is 0.241 e. The Bertz CT molecular complexity index is 838. The molecule has 21 heavy (non-hydrogen) atoms. The molecular formula is C13H15NO4S3. The summed E-state index contributed by atoms with van der Waals surface area (Å²) in [5.41, 5.74) is 0.501. The minimum absolute atomic E-state index is 0.00963. The number of rotatable bonds is 5. The van der Waals surface area contributed by atoms with Crippen molar-refractivity contribution in [3.63, 3.8) is 0 Å². The van der Waals surface area contributed by atoms with Crippen LogP contribution in [0.15, 0.2) is 45.5 Å². The smallest absolute Gasteiger partial charge is 0.224 e. The summed E-state index contributed by atoms with van der Waals surface area (Å²) in [4.78, 5) is 0.863. The molecule has 1 aromatic carbocycles. The maximum atomic E-state index is 12.3. The van der Waals surface area contributed by atoms with Gasteiger partial charge in [0.05, 0.1) is 9.79 Å². The van der Waals surface area contributed by atoms with Gasteiger partial charge in [-0.25, -0.2) is 21.6 Å². The van der Waals surface area contributed by atoms with Crippen molar-refractivity contribution in [2.24, 2.45) is 0 Å². The van der Waals surface area contributed by atoms with Gasteiger partial charge in [-0.3, -0.25) is 0 Å². The van der Waals surface area contributed by atoms with Crippen LogP contribution in [0.25, 0.3) is 0 Å². The van der Waals surface area contributed by atoms with E-state index in [4.69, 9.17) is 0 Å². The standard InChI is InChI=1S/C13H15NO4S3/c1-10-5-6-12(20(2,15)16)8-13(10)21(17,18)14-9-11-4-3-7-19-11/h3-8,14H,9H2,1-2H3. The Hall–Kier alpha value is -1.22. The fraction of sp³-hybridized carbons (Fsp3) is 0.231. The summed E-state index contributed by atoms with van der Waals surface area (Å²) < 4.78 is 50.2. The van der Waals surface area contributed by atoms with Crippen molar-refractivity contribution in [2.45, 2.75) is 23.3 Å². The van der Waals surface area contributed by atoms with Gasteiger partial charge in [-0.1, -0.05) is 12.1 Å². The highest BCUT2D eigenvalue weighted by Gasteiger charge is 2.19. The Morgan fingerprint density at radius 1 is 1.14 bits per heavy atom. The van der Waals surface area contributed by atoms with E-state index < -0.39 is 19.9 Å². The Morgan fingerprint density at radius 3 is 2.43 bits per heavy atom. The first-order chi connectivity index (χ1) is 9.70. The van der Waals surface area contributed by atoms with Crippen molar-refractivity contribution in [2.75, 3.05) is 6.26 Å². The summed E-state index contributed by atoms with van der Waals surface area (Å²) in [5, 5.41) is 1.86. The van der Waals surface area contributed by atoms with Crippen molar-refractivity contribution in [1.29, 1.82) is 0 Å². The molecule has 0 aliphatic carbocycles. The summed E-state index contributed by atoms with van der Waals surface area (Å²) in [6, 6.07) is 7.76. The zero-order valence-corrected chi connectivity index (χ0v) is 14.0. The Balaban J connectivity index is 2.35. The lowest BCUT2D eigenvalue weighted by Gasteiger charge is -2.10. The number of hydrogen-bond donors (Lipinski definition) is 1. The van der Waals surface area contributed by atoms with Gasteiger partial charge in [0, 0.05) is 17.7 Å². The van der Waals surface area contributed by atoms with E-state index in [1.807, 2.05) is 17.5 Å². The molecule has 5 nitrogen and oxygen atoms in total. The number of benzene rings is 1. The van der Waals surface area contributed by atoms with Crippen LogP contribution in [0, 0.1) is 6.92 Å². The molecule has 0 fully saturated rings. The van der Waals surface area contributed by atoms with Gasteiger partial charge in [-0.05, 0) is 36.1 Å². The highest BCUT2D eigenvalue weighted by molar-refractivity contribution is 7.91. The van der Waals surface area contributed by atoms with E-state index in [1.54, 1.807) is 6.92 Å². The number of aryl methyl sites for hydroxylation is 1. The van der Waals surface area contributed by atoms with Gasteiger partial charge >= 0.3 is 0 Å². The van der Waals surface area contributed by atoms with Crippen LogP contribution in [-0.2, 0) is 26.4 Å². The summed E-state index contributed by atoms with van der Waals surface area (Å²) in [7, 11) is -7.21. The quantitative estimate of drug-likeness (QED) is 0.898. The van der Waals surface area contributed by atoms with Crippen molar-refractivity contribution < 1.29 is 16.8 Å². The lowest BCUT2D eigenvalue weighted by molar-refractivity contribution is 0.581. The van der Waals surface area contributed by atoms with E-state index in [-0.39, 0.29) is 16.3 Å². The Labute approximate surface area is 128 Å². The van der Waals surface area contributed by atoms with Gasteiger partial charge in [0.2, 0.25) is 10.0 Å². The average molecular weight is 345 g/mol. The van der Waals surface area contributed by atoms with Crippen LogP contribution in [-0.4, -0.2) is 23.1 Å². The predicted octanol–water partition coefficient (Wildman–Crippen LogP) is 1.94. The third-order valence-corrected chi connectivity index (χ3v) is 6.42. The fourth-order valence-corrected chi connectivity index (χ4v) is 4.49. The molecule has 8 heteroatoms. The third-order valence-electron chi connectivity index (χ3n) is 2.89. The first-order valence-electron chi connectivity index (χ1n) is 6.03. The van der Waals surface area contributed by atoms with E-state index in [2.05, 4.69) is 4.72 Å². The molecule has 1 N–H and O–H groups in total. The second-order valence-electron chi connectivity index (χ2n) is 4.60. The molecule has 0 saturated heterocycles.